The minimum absolute atomic E-state index is 0.0966. The molecule has 9 heteroatoms. The van der Waals surface area contributed by atoms with E-state index >= 15 is 0 Å². The lowest BCUT2D eigenvalue weighted by Crippen LogP contribution is -2.52. The number of likely N-dealkylation sites (N-methyl/N-ethyl adjacent to an activating group) is 1. The summed E-state index contributed by atoms with van der Waals surface area (Å²) in [5.74, 6) is -0.749. The standard InChI is InChI=1S/C26H36ClN3O4S/c1-7-23(25(32)28-8-2)29(17-19-9-13-21(27)14-10-19)24(31)18-30(35(6,33)34)22-15-11-20(12-16-22)26(3,4)5/h9-16,23H,7-8,17-18H2,1-6H3,(H,28,32)/t23-/m0/s1. The summed E-state index contributed by atoms with van der Waals surface area (Å²) in [6.07, 6.45) is 1.45. The first kappa shape index (κ1) is 28.7. The molecule has 0 aromatic heterocycles. The summed E-state index contributed by atoms with van der Waals surface area (Å²) < 4.78 is 26.5. The number of carbonyl (C=O) groups is 2. The van der Waals surface area contributed by atoms with E-state index in [1.54, 1.807) is 36.4 Å². The molecule has 0 radical (unpaired) electrons. The second-order valence-corrected chi connectivity index (χ2v) is 11.9. The van der Waals surface area contributed by atoms with E-state index in [0.717, 1.165) is 21.7 Å². The monoisotopic (exact) mass is 521 g/mol. The van der Waals surface area contributed by atoms with E-state index in [1.807, 2.05) is 26.0 Å². The van der Waals surface area contributed by atoms with E-state index in [4.69, 9.17) is 11.6 Å². The summed E-state index contributed by atoms with van der Waals surface area (Å²) in [6.45, 7) is 9.99. The normalized spacial score (nSPS) is 12.7. The molecule has 0 aliphatic heterocycles. The topological polar surface area (TPSA) is 86.8 Å². The number of rotatable bonds is 10. The van der Waals surface area contributed by atoms with Crippen LogP contribution >= 0.6 is 11.6 Å². The molecule has 1 N–H and O–H groups in total. The Morgan fingerprint density at radius 1 is 1.00 bits per heavy atom. The Morgan fingerprint density at radius 2 is 1.57 bits per heavy atom. The highest BCUT2D eigenvalue weighted by atomic mass is 35.5. The van der Waals surface area contributed by atoms with Gasteiger partial charge in [-0.1, -0.05) is 63.6 Å². The summed E-state index contributed by atoms with van der Waals surface area (Å²) in [5, 5.41) is 3.34. The molecular formula is C26H36ClN3O4S. The molecule has 0 fully saturated rings. The van der Waals surface area contributed by atoms with Crippen molar-refractivity contribution < 1.29 is 18.0 Å². The fourth-order valence-corrected chi connectivity index (χ4v) is 4.72. The molecule has 2 aromatic rings. The first-order valence-electron chi connectivity index (χ1n) is 11.7. The van der Waals surface area contributed by atoms with Crippen LogP contribution in [0, 0.1) is 0 Å². The third kappa shape index (κ3) is 7.97. The molecule has 2 rings (SSSR count). The molecule has 0 aliphatic carbocycles. The molecular weight excluding hydrogens is 486 g/mol. The van der Waals surface area contributed by atoms with E-state index in [1.165, 1.54) is 4.90 Å². The van der Waals surface area contributed by atoms with Crippen molar-refractivity contribution in [2.24, 2.45) is 0 Å². The molecule has 1 atom stereocenters. The second kappa shape index (κ2) is 11.9. The van der Waals surface area contributed by atoms with Crippen molar-refractivity contribution >= 4 is 39.1 Å². The molecule has 2 aromatic carbocycles. The van der Waals surface area contributed by atoms with Gasteiger partial charge in [-0.25, -0.2) is 8.42 Å². The average molecular weight is 522 g/mol. The SMILES string of the molecule is CCNC(=O)[C@H](CC)N(Cc1ccc(Cl)cc1)C(=O)CN(c1ccc(C(C)(C)C)cc1)S(C)(=O)=O. The van der Waals surface area contributed by atoms with E-state index in [9.17, 15) is 18.0 Å². The molecule has 0 bridgehead atoms. The largest absolute Gasteiger partial charge is 0.355 e. The highest BCUT2D eigenvalue weighted by Gasteiger charge is 2.31. The molecule has 0 unspecified atom stereocenters. The third-order valence-electron chi connectivity index (χ3n) is 5.70. The Morgan fingerprint density at radius 3 is 2.03 bits per heavy atom. The van der Waals surface area contributed by atoms with Gasteiger partial charge in [0.15, 0.2) is 0 Å². The maximum Gasteiger partial charge on any atom is 0.244 e. The number of halogens is 1. The highest BCUT2D eigenvalue weighted by molar-refractivity contribution is 7.92. The number of benzene rings is 2. The van der Waals surface area contributed by atoms with Gasteiger partial charge in [0.25, 0.3) is 0 Å². The number of hydrogen-bond donors (Lipinski definition) is 1. The van der Waals surface area contributed by atoms with Gasteiger partial charge in [0.05, 0.1) is 11.9 Å². The highest BCUT2D eigenvalue weighted by Crippen LogP contribution is 2.26. The fraction of sp³-hybridized carbons (Fsp3) is 0.462. The molecule has 0 saturated heterocycles. The maximum atomic E-state index is 13.6. The van der Waals surface area contributed by atoms with E-state index < -0.39 is 28.5 Å². The van der Waals surface area contributed by atoms with E-state index in [0.29, 0.717) is 23.7 Å². The summed E-state index contributed by atoms with van der Waals surface area (Å²) >= 11 is 6.00. The Bertz CT molecular complexity index is 1110. The van der Waals surface area contributed by atoms with Crippen molar-refractivity contribution in [3.63, 3.8) is 0 Å². The lowest BCUT2D eigenvalue weighted by Gasteiger charge is -2.33. The smallest absolute Gasteiger partial charge is 0.244 e. The number of sulfonamides is 1. The first-order valence-corrected chi connectivity index (χ1v) is 13.9. The number of hydrogen-bond acceptors (Lipinski definition) is 4. The zero-order valence-electron chi connectivity index (χ0n) is 21.3. The minimum atomic E-state index is -3.77. The van der Waals surface area contributed by atoms with Crippen LogP contribution < -0.4 is 9.62 Å². The van der Waals surface area contributed by atoms with Crippen molar-refractivity contribution in [2.45, 2.75) is 59.0 Å². The summed E-state index contributed by atoms with van der Waals surface area (Å²) in [6, 6.07) is 13.4. The van der Waals surface area contributed by atoms with Crippen molar-refractivity contribution in [1.29, 1.82) is 0 Å². The maximum absolute atomic E-state index is 13.6. The van der Waals surface area contributed by atoms with Crippen LogP contribution in [0.3, 0.4) is 0 Å². The van der Waals surface area contributed by atoms with Gasteiger partial charge in [-0.3, -0.25) is 13.9 Å². The second-order valence-electron chi connectivity index (χ2n) is 9.53. The van der Waals surface area contributed by atoms with Crippen molar-refractivity contribution in [3.05, 3.63) is 64.7 Å². The Hall–Kier alpha value is -2.58. The molecule has 35 heavy (non-hydrogen) atoms. The third-order valence-corrected chi connectivity index (χ3v) is 7.10. The number of nitrogens with zero attached hydrogens (tertiary/aromatic N) is 2. The van der Waals surface area contributed by atoms with Crippen LogP contribution in [0.2, 0.25) is 5.02 Å². The quantitative estimate of drug-likeness (QED) is 0.503. The van der Waals surface area contributed by atoms with Crippen LogP contribution in [0.15, 0.2) is 48.5 Å². The fourth-order valence-electron chi connectivity index (χ4n) is 3.74. The minimum Gasteiger partial charge on any atom is -0.355 e. The van der Waals surface area contributed by atoms with Crippen LogP contribution in [-0.4, -0.2) is 50.5 Å². The van der Waals surface area contributed by atoms with Crippen LogP contribution in [0.25, 0.3) is 0 Å². The zero-order valence-corrected chi connectivity index (χ0v) is 22.9. The van der Waals surface area contributed by atoms with Gasteiger partial charge in [-0.05, 0) is 54.2 Å². The van der Waals surface area contributed by atoms with Gasteiger partial charge in [-0.15, -0.1) is 0 Å². The first-order chi connectivity index (χ1) is 16.3. The van der Waals surface area contributed by atoms with Gasteiger partial charge in [0, 0.05) is 18.1 Å². The zero-order chi connectivity index (χ0) is 26.4. The molecule has 0 heterocycles. The van der Waals surface area contributed by atoms with Crippen molar-refractivity contribution in [3.8, 4) is 0 Å². The predicted octanol–water partition coefficient (Wildman–Crippen LogP) is 4.35. The van der Waals surface area contributed by atoms with E-state index in [2.05, 4.69) is 26.1 Å². The van der Waals surface area contributed by atoms with Crippen LogP contribution in [0.4, 0.5) is 5.69 Å². The molecule has 0 aliphatic rings. The molecule has 2 amide bonds. The average Bonchev–Trinajstić information content (AvgIpc) is 2.77. The number of carbonyl (C=O) groups excluding carboxylic acids is 2. The Kier molecular flexibility index (Phi) is 9.75. The molecule has 0 saturated carbocycles. The predicted molar refractivity (Wildman–Crippen MR) is 142 cm³/mol. The van der Waals surface area contributed by atoms with Crippen LogP contribution in [0.5, 0.6) is 0 Å². The van der Waals surface area contributed by atoms with Crippen LogP contribution in [0.1, 0.15) is 52.2 Å². The number of anilines is 1. The summed E-state index contributed by atoms with van der Waals surface area (Å²) in [5.41, 5.74) is 2.13. The number of nitrogens with one attached hydrogen (secondary N) is 1. The summed E-state index contributed by atoms with van der Waals surface area (Å²) in [4.78, 5) is 27.8. The lowest BCUT2D eigenvalue weighted by molar-refractivity contribution is -0.140. The van der Waals surface area contributed by atoms with Gasteiger partial charge in [0.2, 0.25) is 21.8 Å². The van der Waals surface area contributed by atoms with Crippen molar-refractivity contribution in [1.82, 2.24) is 10.2 Å². The van der Waals surface area contributed by atoms with Gasteiger partial charge >= 0.3 is 0 Å². The number of amides is 2. The van der Waals surface area contributed by atoms with Crippen molar-refractivity contribution in [2.75, 3.05) is 23.7 Å². The molecule has 7 nitrogen and oxygen atoms in total. The van der Waals surface area contributed by atoms with Crippen LogP contribution in [-0.2, 0) is 31.6 Å². The van der Waals surface area contributed by atoms with Gasteiger partial charge in [-0.2, -0.15) is 0 Å². The molecule has 192 valence electrons. The van der Waals surface area contributed by atoms with Gasteiger partial charge < -0.3 is 10.2 Å². The van der Waals surface area contributed by atoms with E-state index in [-0.39, 0.29) is 17.9 Å². The van der Waals surface area contributed by atoms with Gasteiger partial charge in [0.1, 0.15) is 12.6 Å². The summed E-state index contributed by atoms with van der Waals surface area (Å²) in [7, 11) is -3.77. The lowest BCUT2D eigenvalue weighted by atomic mass is 9.87. The Balaban J connectivity index is 2.42. The Labute approximate surface area is 214 Å². The molecule has 0 spiro atoms.